The molecule has 1 atom stereocenters. The normalized spacial score (nSPS) is 12.2. The van der Waals surface area contributed by atoms with Crippen LogP contribution < -0.4 is 14.8 Å². The van der Waals surface area contributed by atoms with Crippen LogP contribution in [-0.2, 0) is 4.74 Å². The van der Waals surface area contributed by atoms with E-state index in [0.717, 1.165) is 5.56 Å². The van der Waals surface area contributed by atoms with E-state index < -0.39 is 6.10 Å². The summed E-state index contributed by atoms with van der Waals surface area (Å²) in [6.45, 7) is 2.29. The van der Waals surface area contributed by atoms with Gasteiger partial charge in [-0.3, -0.25) is 0 Å². The van der Waals surface area contributed by atoms with Crippen LogP contribution in [0.15, 0.2) is 18.2 Å². The first-order valence-electron chi connectivity index (χ1n) is 7.02. The van der Waals surface area contributed by atoms with E-state index in [4.69, 9.17) is 19.3 Å². The van der Waals surface area contributed by atoms with E-state index in [0.29, 0.717) is 44.2 Å². The maximum Gasteiger partial charge on any atom is 0.128 e. The number of rotatable bonds is 11. The van der Waals surface area contributed by atoms with Gasteiger partial charge >= 0.3 is 0 Å². The van der Waals surface area contributed by atoms with E-state index >= 15 is 0 Å². The Hall–Kier alpha value is -1.34. The molecule has 0 saturated carbocycles. The second-order valence-corrected chi connectivity index (χ2v) is 4.50. The molecule has 1 rings (SSSR count). The quantitative estimate of drug-likeness (QED) is 0.523. The fourth-order valence-corrected chi connectivity index (χ4v) is 1.92. The van der Waals surface area contributed by atoms with Gasteiger partial charge in [-0.1, -0.05) is 0 Å². The highest BCUT2D eigenvalue weighted by atomic mass is 16.5. The van der Waals surface area contributed by atoms with Crippen molar-refractivity contribution >= 4 is 0 Å². The summed E-state index contributed by atoms with van der Waals surface area (Å²) < 4.78 is 15.5. The van der Waals surface area contributed by atoms with Crippen molar-refractivity contribution in [3.63, 3.8) is 0 Å². The molecule has 0 heterocycles. The van der Waals surface area contributed by atoms with E-state index in [9.17, 15) is 5.11 Å². The SMILES string of the molecule is COc1ccc(C(O)CCNCCOCCO)c(OC)c1. The monoisotopic (exact) mass is 299 g/mol. The van der Waals surface area contributed by atoms with E-state index in [1.807, 2.05) is 6.07 Å². The van der Waals surface area contributed by atoms with Gasteiger partial charge in [-0.25, -0.2) is 0 Å². The van der Waals surface area contributed by atoms with Gasteiger partial charge < -0.3 is 29.7 Å². The van der Waals surface area contributed by atoms with Crippen LogP contribution in [0.25, 0.3) is 0 Å². The van der Waals surface area contributed by atoms with Crippen LogP contribution in [0.3, 0.4) is 0 Å². The number of nitrogens with one attached hydrogen (secondary N) is 1. The average Bonchev–Trinajstić information content (AvgIpc) is 2.53. The number of aliphatic hydroxyl groups excluding tert-OH is 2. The van der Waals surface area contributed by atoms with Gasteiger partial charge in [0.15, 0.2) is 0 Å². The lowest BCUT2D eigenvalue weighted by Crippen LogP contribution is -2.23. The zero-order valence-electron chi connectivity index (χ0n) is 12.7. The lowest BCUT2D eigenvalue weighted by Gasteiger charge is -2.16. The van der Waals surface area contributed by atoms with Gasteiger partial charge in [0.05, 0.1) is 40.1 Å². The summed E-state index contributed by atoms with van der Waals surface area (Å²) in [6.07, 6.45) is -0.0282. The average molecular weight is 299 g/mol. The first-order valence-corrected chi connectivity index (χ1v) is 7.02. The predicted octanol–water partition coefficient (Wildman–Crippen LogP) is 0.726. The Morgan fingerprint density at radius 3 is 2.62 bits per heavy atom. The third-order valence-corrected chi connectivity index (χ3v) is 3.05. The van der Waals surface area contributed by atoms with Crippen molar-refractivity contribution < 1.29 is 24.4 Å². The molecule has 0 saturated heterocycles. The smallest absolute Gasteiger partial charge is 0.128 e. The summed E-state index contributed by atoms with van der Waals surface area (Å²) in [5, 5.41) is 21.9. The minimum absolute atomic E-state index is 0.0377. The Kier molecular flexibility index (Phi) is 8.77. The maximum atomic E-state index is 10.2. The topological polar surface area (TPSA) is 80.2 Å². The van der Waals surface area contributed by atoms with Gasteiger partial charge in [-0.2, -0.15) is 0 Å². The molecule has 0 fully saturated rings. The number of ether oxygens (including phenoxy) is 3. The molecule has 0 amide bonds. The molecule has 0 aromatic heterocycles. The Labute approximate surface area is 125 Å². The van der Waals surface area contributed by atoms with Crippen LogP contribution in [0.2, 0.25) is 0 Å². The number of hydrogen-bond donors (Lipinski definition) is 3. The van der Waals surface area contributed by atoms with E-state index in [-0.39, 0.29) is 6.61 Å². The molecule has 0 radical (unpaired) electrons. The van der Waals surface area contributed by atoms with Gasteiger partial charge in [-0.05, 0) is 25.1 Å². The Morgan fingerprint density at radius 1 is 1.14 bits per heavy atom. The van der Waals surface area contributed by atoms with Crippen molar-refractivity contribution in [3.05, 3.63) is 23.8 Å². The Morgan fingerprint density at radius 2 is 1.95 bits per heavy atom. The minimum Gasteiger partial charge on any atom is -0.497 e. The van der Waals surface area contributed by atoms with E-state index in [2.05, 4.69) is 5.32 Å². The largest absolute Gasteiger partial charge is 0.497 e. The van der Waals surface area contributed by atoms with Crippen molar-refractivity contribution in [3.8, 4) is 11.5 Å². The highest BCUT2D eigenvalue weighted by molar-refractivity contribution is 5.41. The summed E-state index contributed by atoms with van der Waals surface area (Å²) in [6, 6.07) is 5.37. The van der Waals surface area contributed by atoms with Gasteiger partial charge in [-0.15, -0.1) is 0 Å². The van der Waals surface area contributed by atoms with Crippen LogP contribution in [0.1, 0.15) is 18.1 Å². The fourth-order valence-electron chi connectivity index (χ4n) is 1.92. The fraction of sp³-hybridized carbons (Fsp3) is 0.600. The highest BCUT2D eigenvalue weighted by Gasteiger charge is 2.13. The van der Waals surface area contributed by atoms with Crippen molar-refractivity contribution in [1.82, 2.24) is 5.32 Å². The van der Waals surface area contributed by atoms with Crippen molar-refractivity contribution in [2.24, 2.45) is 0 Å². The third-order valence-electron chi connectivity index (χ3n) is 3.05. The van der Waals surface area contributed by atoms with Crippen LogP contribution in [0, 0.1) is 0 Å². The molecule has 0 aliphatic carbocycles. The number of aliphatic hydroxyl groups is 2. The lowest BCUT2D eigenvalue weighted by molar-refractivity contribution is 0.0929. The van der Waals surface area contributed by atoms with Crippen molar-refractivity contribution in [2.75, 3.05) is 47.1 Å². The standard InChI is InChI=1S/C15H25NO5/c1-19-12-3-4-13(15(11-12)20-2)14(18)5-6-16-7-9-21-10-8-17/h3-4,11,14,16-18H,5-10H2,1-2H3. The molecule has 1 aromatic rings. The highest BCUT2D eigenvalue weighted by Crippen LogP contribution is 2.30. The molecule has 1 unspecified atom stereocenters. The molecule has 6 nitrogen and oxygen atoms in total. The summed E-state index contributed by atoms with van der Waals surface area (Å²) in [5.41, 5.74) is 0.747. The molecular weight excluding hydrogens is 274 g/mol. The minimum atomic E-state index is -0.600. The molecule has 6 heteroatoms. The number of benzene rings is 1. The molecule has 1 aromatic carbocycles. The third kappa shape index (κ3) is 6.31. The van der Waals surface area contributed by atoms with E-state index in [1.165, 1.54) is 0 Å². The molecule has 0 spiro atoms. The lowest BCUT2D eigenvalue weighted by atomic mass is 10.1. The van der Waals surface area contributed by atoms with Crippen molar-refractivity contribution in [2.45, 2.75) is 12.5 Å². The van der Waals surface area contributed by atoms with Crippen LogP contribution >= 0.6 is 0 Å². The van der Waals surface area contributed by atoms with Crippen LogP contribution in [0.5, 0.6) is 11.5 Å². The molecule has 3 N–H and O–H groups in total. The maximum absolute atomic E-state index is 10.2. The van der Waals surface area contributed by atoms with Crippen molar-refractivity contribution in [1.29, 1.82) is 0 Å². The summed E-state index contributed by atoms with van der Waals surface area (Å²) in [5.74, 6) is 1.31. The Bertz CT molecular complexity index is 400. The summed E-state index contributed by atoms with van der Waals surface area (Å²) in [4.78, 5) is 0. The summed E-state index contributed by atoms with van der Waals surface area (Å²) >= 11 is 0. The van der Waals surface area contributed by atoms with E-state index in [1.54, 1.807) is 26.4 Å². The van der Waals surface area contributed by atoms with Crippen LogP contribution in [0.4, 0.5) is 0 Å². The van der Waals surface area contributed by atoms with Gasteiger partial charge in [0.2, 0.25) is 0 Å². The second-order valence-electron chi connectivity index (χ2n) is 4.50. The molecule has 21 heavy (non-hydrogen) atoms. The number of methoxy groups -OCH3 is 2. The van der Waals surface area contributed by atoms with Gasteiger partial charge in [0.25, 0.3) is 0 Å². The molecular formula is C15H25NO5. The molecule has 0 aliphatic heterocycles. The first kappa shape index (κ1) is 17.7. The number of hydrogen-bond acceptors (Lipinski definition) is 6. The summed E-state index contributed by atoms with van der Waals surface area (Å²) in [7, 11) is 3.16. The van der Waals surface area contributed by atoms with Crippen LogP contribution in [-0.4, -0.2) is 57.3 Å². The van der Waals surface area contributed by atoms with Gasteiger partial charge in [0, 0.05) is 18.2 Å². The van der Waals surface area contributed by atoms with Gasteiger partial charge in [0.1, 0.15) is 11.5 Å². The second kappa shape index (κ2) is 10.4. The zero-order valence-corrected chi connectivity index (χ0v) is 12.7. The first-order chi connectivity index (χ1) is 10.2. The zero-order chi connectivity index (χ0) is 15.5. The molecule has 120 valence electrons. The predicted molar refractivity (Wildman–Crippen MR) is 79.9 cm³/mol. The molecule has 0 aliphatic rings. The molecule has 0 bridgehead atoms. The Balaban J connectivity index is 2.36.